The molecule has 0 saturated heterocycles. The van der Waals surface area contributed by atoms with Gasteiger partial charge in [-0.2, -0.15) is 0 Å². The molecule has 0 N–H and O–H groups in total. The fourth-order valence-corrected chi connectivity index (χ4v) is 14.4. The average molecular weight is 886 g/mol. The van der Waals surface area contributed by atoms with Gasteiger partial charge in [-0.15, -0.1) is 11.3 Å². The second kappa shape index (κ2) is 13.7. The SMILES string of the molecule is Cc1cc2c3c(c1)N(c1cccc4c1sc1ccccc14)c1ccc(C(C)(C)C)cc1B3c1ccc(N3c4ccccc4C4(C)CCCCC34C)cc1N2c1cccc2c1oc1ccccc12. The van der Waals surface area contributed by atoms with Gasteiger partial charge in [0.1, 0.15) is 5.58 Å². The second-order valence-corrected chi connectivity index (χ2v) is 22.3. The van der Waals surface area contributed by atoms with Crippen LogP contribution in [0.4, 0.5) is 45.5 Å². The number of benzene rings is 8. The smallest absolute Gasteiger partial charge is 0.252 e. The van der Waals surface area contributed by atoms with Gasteiger partial charge < -0.3 is 19.1 Å². The largest absolute Gasteiger partial charge is 0.454 e. The van der Waals surface area contributed by atoms with E-state index in [-0.39, 0.29) is 23.1 Å². The lowest BCUT2D eigenvalue weighted by molar-refractivity contribution is 0.195. The molecule has 0 radical (unpaired) electrons. The lowest BCUT2D eigenvalue weighted by Crippen LogP contribution is -2.61. The van der Waals surface area contributed by atoms with E-state index in [4.69, 9.17) is 4.42 Å². The van der Waals surface area contributed by atoms with Gasteiger partial charge in [-0.25, -0.2) is 0 Å². The molecule has 14 rings (SSSR count). The van der Waals surface area contributed by atoms with Crippen molar-refractivity contribution in [2.24, 2.45) is 0 Å². The average Bonchev–Trinajstić information content (AvgIpc) is 3.97. The number of hydrogen-bond acceptors (Lipinski definition) is 5. The number of para-hydroxylation sites is 3. The van der Waals surface area contributed by atoms with Crippen LogP contribution in [-0.4, -0.2) is 12.3 Å². The molecule has 4 aliphatic rings. The molecule has 0 bridgehead atoms. The molecule has 4 nitrogen and oxygen atoms in total. The van der Waals surface area contributed by atoms with E-state index >= 15 is 0 Å². The predicted octanol–water partition coefficient (Wildman–Crippen LogP) is 15.4. The van der Waals surface area contributed by atoms with Crippen LogP contribution in [0.15, 0.2) is 162 Å². The maximum Gasteiger partial charge on any atom is 0.252 e. The van der Waals surface area contributed by atoms with E-state index in [2.05, 4.69) is 214 Å². The van der Waals surface area contributed by atoms with Gasteiger partial charge in [-0.3, -0.25) is 0 Å². The fourth-order valence-electron chi connectivity index (χ4n) is 13.2. The minimum atomic E-state index is -0.0732. The van der Waals surface area contributed by atoms with Crippen LogP contribution in [-0.2, 0) is 10.8 Å². The number of anilines is 8. The van der Waals surface area contributed by atoms with E-state index in [0.717, 1.165) is 34.0 Å². The maximum absolute atomic E-state index is 6.99. The monoisotopic (exact) mass is 885 g/mol. The van der Waals surface area contributed by atoms with Crippen molar-refractivity contribution in [3.8, 4) is 0 Å². The molecule has 0 spiro atoms. The highest BCUT2D eigenvalue weighted by Crippen LogP contribution is 2.61. The fraction of sp³-hybridized carbons (Fsp3) is 0.213. The van der Waals surface area contributed by atoms with Crippen molar-refractivity contribution in [2.75, 3.05) is 14.7 Å². The zero-order valence-corrected chi connectivity index (χ0v) is 39.9. The minimum Gasteiger partial charge on any atom is -0.454 e. The van der Waals surface area contributed by atoms with Crippen LogP contribution in [0.2, 0.25) is 0 Å². The molecule has 3 aliphatic heterocycles. The molecule has 67 heavy (non-hydrogen) atoms. The first-order valence-electron chi connectivity index (χ1n) is 24.3. The van der Waals surface area contributed by atoms with Crippen LogP contribution in [0.1, 0.15) is 77.0 Å². The Labute approximate surface area is 397 Å². The number of rotatable bonds is 3. The molecular formula is C61H52BN3OS. The van der Waals surface area contributed by atoms with Crippen molar-refractivity contribution in [1.29, 1.82) is 0 Å². The Morgan fingerprint density at radius 3 is 2.09 bits per heavy atom. The molecule has 1 aliphatic carbocycles. The van der Waals surface area contributed by atoms with E-state index in [1.807, 2.05) is 11.3 Å². The van der Waals surface area contributed by atoms with Crippen LogP contribution in [0, 0.1) is 6.92 Å². The highest BCUT2D eigenvalue weighted by molar-refractivity contribution is 7.26. The summed E-state index contributed by atoms with van der Waals surface area (Å²) in [5.41, 5.74) is 19.5. The number of furan rings is 1. The minimum absolute atomic E-state index is 0.0164. The molecule has 5 heterocycles. The second-order valence-electron chi connectivity index (χ2n) is 21.3. The summed E-state index contributed by atoms with van der Waals surface area (Å²) in [6.45, 7) is 14.4. The van der Waals surface area contributed by atoms with Crippen LogP contribution < -0.4 is 31.1 Å². The first kappa shape index (κ1) is 39.4. The third kappa shape index (κ3) is 5.25. The van der Waals surface area contributed by atoms with Gasteiger partial charge in [0.25, 0.3) is 6.71 Å². The molecule has 2 unspecified atom stereocenters. The zero-order valence-electron chi connectivity index (χ0n) is 39.1. The Morgan fingerprint density at radius 1 is 0.567 bits per heavy atom. The lowest BCUT2D eigenvalue weighted by atomic mass is 9.33. The van der Waals surface area contributed by atoms with Crippen molar-refractivity contribution >= 4 is 122 Å². The Balaban J connectivity index is 1.09. The van der Waals surface area contributed by atoms with Crippen LogP contribution >= 0.6 is 11.3 Å². The van der Waals surface area contributed by atoms with Crippen LogP contribution in [0.25, 0.3) is 42.1 Å². The van der Waals surface area contributed by atoms with Crippen molar-refractivity contribution in [1.82, 2.24) is 0 Å². The molecule has 1 fully saturated rings. The summed E-state index contributed by atoms with van der Waals surface area (Å²) in [7, 11) is 0. The summed E-state index contributed by atoms with van der Waals surface area (Å²) in [5, 5.41) is 4.88. The standard InChI is InChI=1S/C61H52BN3OS/c1-37-33-52-56-53(34-37)64(49-23-15-19-42-40-17-7-11-25-54(40)66-57(42)49)51-36-39(65-47-22-10-9-21-44(47)60(5)31-13-14-32-61(60,65)6)28-29-45(51)62(56)46-35-38(59(2,3)4)27-30-48(46)63(52)50-24-16-20-43-41-18-8-12-26-55(41)67-58(43)50/h7-12,15-30,33-36H,13-14,31-32H2,1-6H3. The van der Waals surface area contributed by atoms with E-state index in [0.29, 0.717) is 0 Å². The van der Waals surface area contributed by atoms with E-state index in [1.165, 1.54) is 112 Å². The first-order valence-corrected chi connectivity index (χ1v) is 25.1. The van der Waals surface area contributed by atoms with E-state index in [1.54, 1.807) is 0 Å². The summed E-state index contributed by atoms with van der Waals surface area (Å²) in [6, 6.07) is 60.0. The summed E-state index contributed by atoms with van der Waals surface area (Å²) in [4.78, 5) is 7.92. The topological polar surface area (TPSA) is 22.9 Å². The highest BCUT2D eigenvalue weighted by Gasteiger charge is 2.58. The molecule has 10 aromatic rings. The van der Waals surface area contributed by atoms with Crippen molar-refractivity contribution in [2.45, 2.75) is 83.6 Å². The quantitative estimate of drug-likeness (QED) is 0.165. The summed E-state index contributed by atoms with van der Waals surface area (Å²) < 4.78 is 9.61. The highest BCUT2D eigenvalue weighted by atomic mass is 32.1. The summed E-state index contributed by atoms with van der Waals surface area (Å²) >= 11 is 1.90. The lowest BCUT2D eigenvalue weighted by Gasteiger charge is -2.50. The van der Waals surface area contributed by atoms with E-state index in [9.17, 15) is 0 Å². The molecule has 1 saturated carbocycles. The van der Waals surface area contributed by atoms with Crippen LogP contribution in [0.5, 0.6) is 0 Å². The van der Waals surface area contributed by atoms with Gasteiger partial charge in [-0.05, 0) is 126 Å². The number of hydrogen-bond donors (Lipinski definition) is 0. The zero-order chi connectivity index (χ0) is 45.1. The van der Waals surface area contributed by atoms with Gasteiger partial charge in [0, 0.05) is 65.8 Å². The Bertz CT molecular complexity index is 3750. The first-order chi connectivity index (χ1) is 32.5. The van der Waals surface area contributed by atoms with Gasteiger partial charge in [-0.1, -0.05) is 138 Å². The Kier molecular flexibility index (Phi) is 8.04. The molecule has 0 amide bonds. The van der Waals surface area contributed by atoms with Crippen LogP contribution in [0.3, 0.4) is 0 Å². The molecule has 2 atom stereocenters. The Hall–Kier alpha value is -6.76. The normalized spacial score (nSPS) is 19.6. The predicted molar refractivity (Wildman–Crippen MR) is 287 cm³/mol. The number of thiophene rings is 1. The number of aryl methyl sites for hydroxylation is 1. The molecule has 8 aromatic carbocycles. The third-order valence-electron chi connectivity index (χ3n) is 16.6. The summed E-state index contributed by atoms with van der Waals surface area (Å²) in [6.07, 6.45) is 4.84. The molecule has 6 heteroatoms. The molecule has 2 aromatic heterocycles. The maximum atomic E-state index is 6.99. The van der Waals surface area contributed by atoms with Crippen molar-refractivity contribution in [3.05, 3.63) is 174 Å². The number of nitrogens with zero attached hydrogens (tertiary/aromatic N) is 3. The third-order valence-corrected chi connectivity index (χ3v) is 17.8. The molecular weight excluding hydrogens is 834 g/mol. The van der Waals surface area contributed by atoms with Gasteiger partial charge in [0.2, 0.25) is 0 Å². The van der Waals surface area contributed by atoms with Crippen molar-refractivity contribution < 1.29 is 4.42 Å². The molecule has 326 valence electrons. The Morgan fingerprint density at radius 2 is 1.25 bits per heavy atom. The number of fused-ring (bicyclic) bond motifs is 13. The summed E-state index contributed by atoms with van der Waals surface area (Å²) in [5.74, 6) is 0. The van der Waals surface area contributed by atoms with Gasteiger partial charge in [0.15, 0.2) is 5.58 Å². The van der Waals surface area contributed by atoms with Crippen molar-refractivity contribution in [3.63, 3.8) is 0 Å². The van der Waals surface area contributed by atoms with Gasteiger partial charge >= 0.3 is 0 Å². The van der Waals surface area contributed by atoms with E-state index < -0.39 is 0 Å². The van der Waals surface area contributed by atoms with Gasteiger partial charge in [0.05, 0.1) is 21.6 Å².